The van der Waals surface area contributed by atoms with Gasteiger partial charge in [0, 0.05) is 11.4 Å². The van der Waals surface area contributed by atoms with Crippen LogP contribution in [0, 0.1) is 13.8 Å². The lowest BCUT2D eigenvalue weighted by molar-refractivity contribution is 0.0696. The summed E-state index contributed by atoms with van der Waals surface area (Å²) < 4.78 is 2.77. The topological polar surface area (TPSA) is 55.1 Å². The molecule has 0 bridgehead atoms. The van der Waals surface area contributed by atoms with Gasteiger partial charge >= 0.3 is 5.97 Å². The van der Waals surface area contributed by atoms with Gasteiger partial charge in [0.2, 0.25) is 0 Å². The Bertz CT molecular complexity index is 559. The summed E-state index contributed by atoms with van der Waals surface area (Å²) in [5.74, 6) is -0.907. The molecule has 2 aromatic rings. The molecule has 0 spiro atoms. The van der Waals surface area contributed by atoms with Gasteiger partial charge in [0.15, 0.2) is 5.13 Å². The van der Waals surface area contributed by atoms with Crippen molar-refractivity contribution in [2.45, 2.75) is 13.8 Å². The van der Waals surface area contributed by atoms with E-state index in [0.717, 1.165) is 14.6 Å². The van der Waals surface area contributed by atoms with Gasteiger partial charge in [0.05, 0.1) is 15.5 Å². The zero-order valence-corrected chi connectivity index (χ0v) is 11.1. The van der Waals surface area contributed by atoms with Gasteiger partial charge in [-0.15, -0.1) is 0 Å². The summed E-state index contributed by atoms with van der Waals surface area (Å²) in [6.45, 7) is 3.65. The summed E-state index contributed by atoms with van der Waals surface area (Å²) >= 11 is 4.81. The number of halogens is 1. The summed E-state index contributed by atoms with van der Waals surface area (Å²) in [6, 6.07) is 1.66. The number of nitrogens with zero attached hydrogens (tertiary/aromatic N) is 2. The Morgan fingerprint density at radius 3 is 2.69 bits per heavy atom. The normalized spacial score (nSPS) is 10.7. The maximum Gasteiger partial charge on any atom is 0.337 e. The number of carbonyl (C=O) groups is 1. The van der Waals surface area contributed by atoms with Crippen LogP contribution in [0.25, 0.3) is 5.13 Å². The molecule has 0 fully saturated rings. The number of hydrogen-bond donors (Lipinski definition) is 1. The third kappa shape index (κ3) is 1.78. The molecule has 0 amide bonds. The van der Waals surface area contributed by atoms with Crippen LogP contribution in [0.4, 0.5) is 0 Å². The maximum absolute atomic E-state index is 11.0. The smallest absolute Gasteiger partial charge is 0.337 e. The van der Waals surface area contributed by atoms with Crippen LogP contribution < -0.4 is 0 Å². The molecule has 16 heavy (non-hydrogen) atoms. The minimum atomic E-state index is -0.907. The number of rotatable bonds is 2. The van der Waals surface area contributed by atoms with E-state index in [9.17, 15) is 4.79 Å². The molecule has 2 heterocycles. The molecular formula is C10H9BrN2O2S. The van der Waals surface area contributed by atoms with E-state index in [1.807, 2.05) is 11.5 Å². The molecule has 0 aliphatic rings. The number of hydrogen-bond acceptors (Lipinski definition) is 3. The van der Waals surface area contributed by atoms with Crippen LogP contribution in [0.15, 0.2) is 16.0 Å². The second kappa shape index (κ2) is 4.03. The Hall–Kier alpha value is -1.14. The second-order valence-electron chi connectivity index (χ2n) is 3.37. The molecule has 0 atom stereocenters. The number of thiazole rings is 1. The quantitative estimate of drug-likeness (QED) is 0.927. The lowest BCUT2D eigenvalue weighted by atomic mass is 10.2. The van der Waals surface area contributed by atoms with Gasteiger partial charge in [-0.2, -0.15) is 0 Å². The van der Waals surface area contributed by atoms with E-state index in [1.165, 1.54) is 11.3 Å². The summed E-state index contributed by atoms with van der Waals surface area (Å²) in [5.41, 5.74) is 1.90. The van der Waals surface area contributed by atoms with Crippen molar-refractivity contribution in [3.05, 3.63) is 33.0 Å². The largest absolute Gasteiger partial charge is 0.478 e. The zero-order chi connectivity index (χ0) is 11.9. The van der Waals surface area contributed by atoms with E-state index >= 15 is 0 Å². The fraction of sp³-hybridized carbons (Fsp3) is 0.200. The van der Waals surface area contributed by atoms with E-state index in [-0.39, 0.29) is 0 Å². The minimum absolute atomic E-state index is 0.323. The summed E-state index contributed by atoms with van der Waals surface area (Å²) in [5, 5.41) is 9.79. The molecule has 0 unspecified atom stereocenters. The van der Waals surface area contributed by atoms with E-state index in [4.69, 9.17) is 5.11 Å². The molecule has 2 rings (SSSR count). The number of carboxylic acids is 1. The summed E-state index contributed by atoms with van der Waals surface area (Å²) in [7, 11) is 0. The van der Waals surface area contributed by atoms with Crippen LogP contribution in [0.1, 0.15) is 21.7 Å². The third-order valence-corrected chi connectivity index (χ3v) is 3.78. The van der Waals surface area contributed by atoms with E-state index in [0.29, 0.717) is 11.3 Å². The summed E-state index contributed by atoms with van der Waals surface area (Å²) in [6.07, 6.45) is 1.71. The van der Waals surface area contributed by atoms with Gasteiger partial charge in [-0.1, -0.05) is 11.3 Å². The molecule has 84 valence electrons. The van der Waals surface area contributed by atoms with Crippen molar-refractivity contribution < 1.29 is 9.90 Å². The SMILES string of the molecule is Cc1cc(C(=O)O)c(C)n1-c1ncc(Br)s1. The highest BCUT2D eigenvalue weighted by Crippen LogP contribution is 2.27. The van der Waals surface area contributed by atoms with Crippen LogP contribution >= 0.6 is 27.3 Å². The van der Waals surface area contributed by atoms with Gasteiger partial charge in [-0.05, 0) is 35.8 Å². The highest BCUT2D eigenvalue weighted by atomic mass is 79.9. The maximum atomic E-state index is 11.0. The van der Waals surface area contributed by atoms with Crippen LogP contribution in [0.3, 0.4) is 0 Å². The molecule has 0 radical (unpaired) electrons. The lowest BCUT2D eigenvalue weighted by Gasteiger charge is -2.04. The van der Waals surface area contributed by atoms with Crippen molar-refractivity contribution in [2.75, 3.05) is 0 Å². The Kier molecular flexibility index (Phi) is 2.86. The van der Waals surface area contributed by atoms with E-state index in [1.54, 1.807) is 19.2 Å². The molecule has 1 N–H and O–H groups in total. The van der Waals surface area contributed by atoms with Gasteiger partial charge in [0.1, 0.15) is 0 Å². The van der Waals surface area contributed by atoms with Gasteiger partial charge in [0.25, 0.3) is 0 Å². The van der Waals surface area contributed by atoms with Crippen LogP contribution in [-0.2, 0) is 0 Å². The van der Waals surface area contributed by atoms with Gasteiger partial charge in [-0.3, -0.25) is 4.57 Å². The van der Waals surface area contributed by atoms with Gasteiger partial charge < -0.3 is 5.11 Å². The van der Waals surface area contributed by atoms with Gasteiger partial charge in [-0.25, -0.2) is 9.78 Å². The molecule has 0 aliphatic carbocycles. The molecule has 2 aromatic heterocycles. The van der Waals surface area contributed by atoms with Crippen molar-refractivity contribution >= 4 is 33.2 Å². The van der Waals surface area contributed by atoms with Crippen molar-refractivity contribution in [1.82, 2.24) is 9.55 Å². The predicted octanol–water partition coefficient (Wildman–Crippen LogP) is 3.01. The number of aromatic nitrogens is 2. The van der Waals surface area contributed by atoms with Crippen LogP contribution in [-0.4, -0.2) is 20.6 Å². The average molecular weight is 301 g/mol. The summed E-state index contributed by atoms with van der Waals surface area (Å²) in [4.78, 5) is 15.2. The van der Waals surface area contributed by atoms with E-state index in [2.05, 4.69) is 20.9 Å². The first-order valence-electron chi connectivity index (χ1n) is 4.54. The number of carboxylic acid groups (broad SMARTS) is 1. The van der Waals surface area contributed by atoms with Crippen molar-refractivity contribution in [2.24, 2.45) is 0 Å². The van der Waals surface area contributed by atoms with E-state index < -0.39 is 5.97 Å². The molecule has 0 saturated carbocycles. The Morgan fingerprint density at radius 2 is 2.25 bits per heavy atom. The fourth-order valence-corrected chi connectivity index (χ4v) is 2.92. The molecular weight excluding hydrogens is 292 g/mol. The molecule has 0 aromatic carbocycles. The van der Waals surface area contributed by atoms with Crippen LogP contribution in [0.5, 0.6) is 0 Å². The lowest BCUT2D eigenvalue weighted by Crippen LogP contribution is -2.01. The van der Waals surface area contributed by atoms with Crippen molar-refractivity contribution in [3.8, 4) is 5.13 Å². The Morgan fingerprint density at radius 1 is 1.56 bits per heavy atom. The Balaban J connectivity index is 2.61. The molecule has 6 heteroatoms. The highest BCUT2D eigenvalue weighted by Gasteiger charge is 2.17. The molecule has 0 aliphatic heterocycles. The first-order chi connectivity index (χ1) is 7.50. The Labute approximate surface area is 105 Å². The van der Waals surface area contributed by atoms with Crippen molar-refractivity contribution in [1.29, 1.82) is 0 Å². The standard InChI is InChI=1S/C10H9BrN2O2S/c1-5-3-7(9(14)15)6(2)13(5)10-12-4-8(11)16-10/h3-4H,1-2H3,(H,14,15). The minimum Gasteiger partial charge on any atom is -0.478 e. The second-order valence-corrected chi connectivity index (χ2v) is 5.76. The van der Waals surface area contributed by atoms with Crippen LogP contribution in [0.2, 0.25) is 0 Å². The fourth-order valence-electron chi connectivity index (χ4n) is 1.62. The molecule has 0 saturated heterocycles. The third-order valence-electron chi connectivity index (χ3n) is 2.32. The average Bonchev–Trinajstić information content (AvgIpc) is 2.71. The monoisotopic (exact) mass is 300 g/mol. The van der Waals surface area contributed by atoms with Crippen molar-refractivity contribution in [3.63, 3.8) is 0 Å². The first-order valence-corrected chi connectivity index (χ1v) is 6.15. The number of aryl methyl sites for hydroxylation is 1. The number of aromatic carboxylic acids is 1. The zero-order valence-electron chi connectivity index (χ0n) is 8.69. The molecule has 4 nitrogen and oxygen atoms in total. The predicted molar refractivity (Wildman–Crippen MR) is 65.6 cm³/mol. The first kappa shape index (κ1) is 11.3. The highest BCUT2D eigenvalue weighted by molar-refractivity contribution is 9.11.